The van der Waals surface area contributed by atoms with E-state index in [9.17, 15) is 4.79 Å². The van der Waals surface area contributed by atoms with E-state index in [4.69, 9.17) is 14.2 Å². The molecule has 106 valence electrons. The summed E-state index contributed by atoms with van der Waals surface area (Å²) >= 11 is 0. The summed E-state index contributed by atoms with van der Waals surface area (Å²) in [7, 11) is 1.56. The van der Waals surface area contributed by atoms with Crippen molar-refractivity contribution in [3.63, 3.8) is 0 Å². The van der Waals surface area contributed by atoms with Gasteiger partial charge >= 0.3 is 5.97 Å². The van der Waals surface area contributed by atoms with Crippen molar-refractivity contribution in [2.24, 2.45) is 0 Å². The van der Waals surface area contributed by atoms with Crippen molar-refractivity contribution in [3.8, 4) is 11.5 Å². The second-order valence-electron chi connectivity index (χ2n) is 4.17. The van der Waals surface area contributed by atoms with Gasteiger partial charge in [-0.3, -0.25) is 0 Å². The highest BCUT2D eigenvalue weighted by molar-refractivity contribution is 5.93. The monoisotopic (exact) mass is 266 g/mol. The van der Waals surface area contributed by atoms with Crippen LogP contribution in [0.5, 0.6) is 11.5 Å². The van der Waals surface area contributed by atoms with Gasteiger partial charge in [0.1, 0.15) is 5.56 Å². The number of unbranched alkanes of at least 4 members (excludes halogenated alkanes) is 1. The summed E-state index contributed by atoms with van der Waals surface area (Å²) in [5.74, 6) is 0.658. The molecule has 0 radical (unpaired) electrons. The molecule has 0 aliphatic heterocycles. The number of benzene rings is 1. The van der Waals surface area contributed by atoms with Crippen molar-refractivity contribution in [2.45, 2.75) is 33.1 Å². The summed E-state index contributed by atoms with van der Waals surface area (Å²) in [6.45, 7) is 5.03. The maximum absolute atomic E-state index is 12.0. The highest BCUT2D eigenvalue weighted by Crippen LogP contribution is 2.31. The Morgan fingerprint density at radius 1 is 1.16 bits per heavy atom. The molecular formula is C15H22O4. The molecule has 0 heterocycles. The number of carbonyl (C=O) groups is 1. The van der Waals surface area contributed by atoms with Gasteiger partial charge in [-0.15, -0.1) is 0 Å². The van der Waals surface area contributed by atoms with Crippen molar-refractivity contribution in [2.75, 3.05) is 20.3 Å². The molecule has 0 unspecified atom stereocenters. The van der Waals surface area contributed by atoms with Gasteiger partial charge in [0.05, 0.1) is 20.3 Å². The lowest BCUT2D eigenvalue weighted by Gasteiger charge is -2.14. The summed E-state index contributed by atoms with van der Waals surface area (Å²) in [6.07, 6.45) is 2.72. The number of esters is 1. The Bertz CT molecular complexity index is 401. The lowest BCUT2D eigenvalue weighted by atomic mass is 10.2. The van der Waals surface area contributed by atoms with E-state index in [1.165, 1.54) is 0 Å². The smallest absolute Gasteiger partial charge is 0.342 e. The highest BCUT2D eigenvalue weighted by atomic mass is 16.5. The van der Waals surface area contributed by atoms with Crippen LogP contribution in [-0.2, 0) is 4.74 Å². The van der Waals surface area contributed by atoms with Crippen LogP contribution < -0.4 is 9.47 Å². The third-order valence-corrected chi connectivity index (χ3v) is 2.60. The van der Waals surface area contributed by atoms with Crippen LogP contribution in [0.1, 0.15) is 43.5 Å². The van der Waals surface area contributed by atoms with E-state index in [0.717, 1.165) is 19.3 Å². The highest BCUT2D eigenvalue weighted by Gasteiger charge is 2.18. The van der Waals surface area contributed by atoms with Crippen LogP contribution in [0.3, 0.4) is 0 Å². The van der Waals surface area contributed by atoms with E-state index in [-0.39, 0.29) is 5.97 Å². The fraction of sp³-hybridized carbons (Fsp3) is 0.533. The Kier molecular flexibility index (Phi) is 6.79. The Hall–Kier alpha value is -1.71. The fourth-order valence-corrected chi connectivity index (χ4v) is 1.58. The zero-order valence-corrected chi connectivity index (χ0v) is 11.9. The Balaban J connectivity index is 2.88. The minimum atomic E-state index is -0.363. The maximum atomic E-state index is 12.0. The Labute approximate surface area is 114 Å². The molecule has 0 amide bonds. The van der Waals surface area contributed by atoms with Crippen LogP contribution in [0.15, 0.2) is 18.2 Å². The van der Waals surface area contributed by atoms with E-state index in [1.807, 2.05) is 6.92 Å². The first-order valence-electron chi connectivity index (χ1n) is 6.71. The molecule has 0 N–H and O–H groups in total. The molecule has 0 spiro atoms. The van der Waals surface area contributed by atoms with Gasteiger partial charge in [-0.05, 0) is 25.0 Å². The predicted molar refractivity (Wildman–Crippen MR) is 74.0 cm³/mol. The van der Waals surface area contributed by atoms with Crippen molar-refractivity contribution >= 4 is 5.97 Å². The van der Waals surface area contributed by atoms with Gasteiger partial charge in [0, 0.05) is 0 Å². The third kappa shape index (κ3) is 4.47. The normalized spacial score (nSPS) is 10.1. The number of para-hydroxylation sites is 1. The lowest BCUT2D eigenvalue weighted by molar-refractivity contribution is 0.0494. The summed E-state index contributed by atoms with van der Waals surface area (Å²) in [5.41, 5.74) is 0.420. The van der Waals surface area contributed by atoms with Crippen molar-refractivity contribution in [1.29, 1.82) is 0 Å². The number of methoxy groups -OCH3 is 1. The van der Waals surface area contributed by atoms with Crippen LogP contribution >= 0.6 is 0 Å². The van der Waals surface area contributed by atoms with Crippen molar-refractivity contribution in [3.05, 3.63) is 23.8 Å². The molecule has 0 fully saturated rings. The largest absolute Gasteiger partial charge is 0.493 e. The first-order valence-corrected chi connectivity index (χ1v) is 6.71. The lowest BCUT2D eigenvalue weighted by Crippen LogP contribution is -2.10. The average Bonchev–Trinajstić information content (AvgIpc) is 2.44. The number of carbonyl (C=O) groups excluding carboxylic acids is 1. The number of ether oxygens (including phenoxy) is 3. The summed E-state index contributed by atoms with van der Waals surface area (Å²) in [5, 5.41) is 0. The molecule has 0 atom stereocenters. The molecule has 0 bridgehead atoms. The standard InChI is InChI=1S/C15H22O4/c1-4-6-11-19-15(16)12-8-7-9-13(17-3)14(12)18-10-5-2/h7-9H,4-6,10-11H2,1-3H3. The predicted octanol–water partition coefficient (Wildman–Crippen LogP) is 3.44. The minimum Gasteiger partial charge on any atom is -0.493 e. The zero-order chi connectivity index (χ0) is 14.1. The molecule has 0 saturated heterocycles. The maximum Gasteiger partial charge on any atom is 0.342 e. The zero-order valence-electron chi connectivity index (χ0n) is 11.9. The van der Waals surface area contributed by atoms with Gasteiger partial charge < -0.3 is 14.2 Å². The molecule has 1 aromatic carbocycles. The molecule has 4 heteroatoms. The Morgan fingerprint density at radius 2 is 1.95 bits per heavy atom. The molecule has 0 saturated carbocycles. The number of hydrogen-bond acceptors (Lipinski definition) is 4. The topological polar surface area (TPSA) is 44.8 Å². The van der Waals surface area contributed by atoms with Crippen LogP contribution in [0, 0.1) is 0 Å². The molecule has 4 nitrogen and oxygen atoms in total. The Morgan fingerprint density at radius 3 is 2.58 bits per heavy atom. The first-order chi connectivity index (χ1) is 9.24. The van der Waals surface area contributed by atoms with Crippen LogP contribution in [0.4, 0.5) is 0 Å². The molecule has 19 heavy (non-hydrogen) atoms. The van der Waals surface area contributed by atoms with Crippen LogP contribution in [0.2, 0.25) is 0 Å². The van der Waals surface area contributed by atoms with Gasteiger partial charge in [0.15, 0.2) is 11.5 Å². The van der Waals surface area contributed by atoms with E-state index in [1.54, 1.807) is 25.3 Å². The minimum absolute atomic E-state index is 0.363. The van der Waals surface area contributed by atoms with Crippen LogP contribution in [0.25, 0.3) is 0 Å². The molecule has 1 rings (SSSR count). The molecule has 0 aliphatic carbocycles. The van der Waals surface area contributed by atoms with Gasteiger partial charge in [0.2, 0.25) is 0 Å². The summed E-state index contributed by atoms with van der Waals surface area (Å²) < 4.78 is 16.1. The molecule has 0 aliphatic rings. The van der Waals surface area contributed by atoms with E-state index in [0.29, 0.717) is 30.3 Å². The second-order valence-corrected chi connectivity index (χ2v) is 4.17. The van der Waals surface area contributed by atoms with Gasteiger partial charge in [0.25, 0.3) is 0 Å². The van der Waals surface area contributed by atoms with Gasteiger partial charge in [-0.1, -0.05) is 26.3 Å². The van der Waals surface area contributed by atoms with E-state index in [2.05, 4.69) is 6.92 Å². The van der Waals surface area contributed by atoms with Gasteiger partial charge in [-0.2, -0.15) is 0 Å². The number of rotatable bonds is 8. The fourth-order valence-electron chi connectivity index (χ4n) is 1.58. The van der Waals surface area contributed by atoms with Gasteiger partial charge in [-0.25, -0.2) is 4.79 Å². The average molecular weight is 266 g/mol. The number of hydrogen-bond donors (Lipinski definition) is 0. The van der Waals surface area contributed by atoms with E-state index < -0.39 is 0 Å². The van der Waals surface area contributed by atoms with E-state index >= 15 is 0 Å². The second kappa shape index (κ2) is 8.40. The third-order valence-electron chi connectivity index (χ3n) is 2.60. The van der Waals surface area contributed by atoms with Crippen molar-refractivity contribution < 1.29 is 19.0 Å². The summed E-state index contributed by atoms with van der Waals surface area (Å²) in [4.78, 5) is 12.0. The van der Waals surface area contributed by atoms with Crippen LogP contribution in [-0.4, -0.2) is 26.3 Å². The molecule has 1 aromatic rings. The molecule has 0 aromatic heterocycles. The first kappa shape index (κ1) is 15.3. The van der Waals surface area contributed by atoms with Crippen molar-refractivity contribution in [1.82, 2.24) is 0 Å². The quantitative estimate of drug-likeness (QED) is 0.534. The SMILES string of the molecule is CCCCOC(=O)c1cccc(OC)c1OCCC. The molecular weight excluding hydrogens is 244 g/mol. The summed E-state index contributed by atoms with van der Waals surface area (Å²) in [6, 6.07) is 5.23.